The highest BCUT2D eigenvalue weighted by Gasteiger charge is 2.20. The molecule has 0 aliphatic heterocycles. The third-order valence-electron chi connectivity index (χ3n) is 3.96. The molecule has 3 rings (SSSR count). The lowest BCUT2D eigenvalue weighted by Gasteiger charge is -2.19. The van der Waals surface area contributed by atoms with E-state index in [9.17, 15) is 13.2 Å². The zero-order chi connectivity index (χ0) is 19.0. The third-order valence-corrected chi connectivity index (χ3v) is 6.25. The smallest absolute Gasteiger partial charge is 0.266 e. The zero-order valence-electron chi connectivity index (χ0n) is 13.8. The maximum absolute atomic E-state index is 14.4. The standard InChI is InChI=1S/C18H14BrF3IN3/c1-8(10-4-3-5-11(16(10)20)17(21)22)24-18-12-6-14(23)13(19)7-15(12)25-9(2)26-18/h3-8,17H,1-2H3,(H,24,25,26). The van der Waals surface area contributed by atoms with Crippen molar-refractivity contribution in [3.8, 4) is 0 Å². The molecule has 26 heavy (non-hydrogen) atoms. The molecule has 1 aromatic heterocycles. The molecule has 0 amide bonds. The third kappa shape index (κ3) is 3.80. The minimum atomic E-state index is -2.86. The minimum absolute atomic E-state index is 0.166. The Morgan fingerprint density at radius 1 is 1.15 bits per heavy atom. The molecular weight excluding hydrogens is 522 g/mol. The molecule has 0 saturated heterocycles. The van der Waals surface area contributed by atoms with Gasteiger partial charge < -0.3 is 5.32 Å². The van der Waals surface area contributed by atoms with E-state index in [0.717, 1.165) is 25.0 Å². The van der Waals surface area contributed by atoms with Crippen LogP contribution in [0.4, 0.5) is 19.0 Å². The molecule has 136 valence electrons. The van der Waals surface area contributed by atoms with Crippen molar-refractivity contribution < 1.29 is 13.2 Å². The van der Waals surface area contributed by atoms with Crippen LogP contribution in [-0.2, 0) is 0 Å². The number of alkyl halides is 2. The molecule has 0 saturated carbocycles. The van der Waals surface area contributed by atoms with Gasteiger partial charge in [0.25, 0.3) is 6.43 Å². The molecule has 0 radical (unpaired) electrons. The van der Waals surface area contributed by atoms with Gasteiger partial charge in [-0.2, -0.15) is 0 Å². The van der Waals surface area contributed by atoms with E-state index in [1.807, 2.05) is 12.1 Å². The summed E-state index contributed by atoms with van der Waals surface area (Å²) in [5.41, 5.74) is 0.304. The molecule has 3 aromatic rings. The number of anilines is 1. The second kappa shape index (κ2) is 7.67. The van der Waals surface area contributed by atoms with Gasteiger partial charge in [-0.25, -0.2) is 23.1 Å². The summed E-state index contributed by atoms with van der Waals surface area (Å²) >= 11 is 5.66. The molecule has 8 heteroatoms. The van der Waals surface area contributed by atoms with E-state index in [-0.39, 0.29) is 5.56 Å². The Balaban J connectivity index is 2.04. The van der Waals surface area contributed by atoms with Crippen LogP contribution in [0.15, 0.2) is 34.8 Å². The largest absolute Gasteiger partial charge is 0.363 e. The topological polar surface area (TPSA) is 37.8 Å². The highest BCUT2D eigenvalue weighted by Crippen LogP contribution is 2.32. The van der Waals surface area contributed by atoms with Gasteiger partial charge in [-0.15, -0.1) is 0 Å². The Kier molecular flexibility index (Phi) is 5.71. The summed E-state index contributed by atoms with van der Waals surface area (Å²) in [5.74, 6) is 0.198. The van der Waals surface area contributed by atoms with Gasteiger partial charge in [-0.05, 0) is 64.5 Å². The monoisotopic (exact) mass is 535 g/mol. The number of aromatic nitrogens is 2. The van der Waals surface area contributed by atoms with Crippen LogP contribution in [0.2, 0.25) is 0 Å². The Bertz CT molecular complexity index is 982. The van der Waals surface area contributed by atoms with Crippen molar-refractivity contribution in [2.75, 3.05) is 5.32 Å². The number of halogens is 5. The number of nitrogens with zero attached hydrogens (tertiary/aromatic N) is 2. The summed E-state index contributed by atoms with van der Waals surface area (Å²) in [5, 5.41) is 3.92. The van der Waals surface area contributed by atoms with Gasteiger partial charge in [0.1, 0.15) is 17.5 Å². The number of aryl methyl sites for hydroxylation is 1. The van der Waals surface area contributed by atoms with Crippen molar-refractivity contribution in [3.05, 3.63) is 61.1 Å². The van der Waals surface area contributed by atoms with Crippen LogP contribution < -0.4 is 5.32 Å². The summed E-state index contributed by atoms with van der Waals surface area (Å²) in [6, 6.07) is 7.28. The van der Waals surface area contributed by atoms with E-state index in [1.165, 1.54) is 12.1 Å². The van der Waals surface area contributed by atoms with Crippen LogP contribution in [0.3, 0.4) is 0 Å². The van der Waals surface area contributed by atoms with E-state index >= 15 is 0 Å². The first-order valence-corrected chi connectivity index (χ1v) is 9.61. The molecule has 1 atom stereocenters. The summed E-state index contributed by atoms with van der Waals surface area (Å²) in [6.07, 6.45) is -2.86. The predicted molar refractivity (Wildman–Crippen MR) is 108 cm³/mol. The van der Waals surface area contributed by atoms with Crippen molar-refractivity contribution in [3.63, 3.8) is 0 Å². The number of rotatable bonds is 4. The Hall–Kier alpha value is -1.42. The van der Waals surface area contributed by atoms with E-state index in [1.54, 1.807) is 13.8 Å². The minimum Gasteiger partial charge on any atom is -0.363 e. The lowest BCUT2D eigenvalue weighted by atomic mass is 10.0. The quantitative estimate of drug-likeness (QED) is 0.385. The summed E-state index contributed by atoms with van der Waals surface area (Å²) in [4.78, 5) is 8.83. The average Bonchev–Trinajstić information content (AvgIpc) is 2.56. The van der Waals surface area contributed by atoms with Gasteiger partial charge in [-0.3, -0.25) is 0 Å². The van der Waals surface area contributed by atoms with Gasteiger partial charge in [0.15, 0.2) is 0 Å². The summed E-state index contributed by atoms with van der Waals surface area (Å²) < 4.78 is 42.2. The molecule has 2 aromatic carbocycles. The number of benzene rings is 2. The van der Waals surface area contributed by atoms with E-state index in [2.05, 4.69) is 53.8 Å². The van der Waals surface area contributed by atoms with Crippen LogP contribution in [0.25, 0.3) is 10.9 Å². The van der Waals surface area contributed by atoms with Crippen LogP contribution in [0.5, 0.6) is 0 Å². The second-order valence-corrected chi connectivity index (χ2v) is 7.84. The second-order valence-electron chi connectivity index (χ2n) is 5.82. The summed E-state index contributed by atoms with van der Waals surface area (Å²) in [7, 11) is 0. The van der Waals surface area contributed by atoms with Gasteiger partial charge in [0.2, 0.25) is 0 Å². The molecule has 0 aliphatic rings. The average molecular weight is 536 g/mol. The molecule has 0 aliphatic carbocycles. The first-order valence-electron chi connectivity index (χ1n) is 7.74. The molecular formula is C18H14BrF3IN3. The van der Waals surface area contributed by atoms with E-state index < -0.39 is 23.8 Å². The van der Waals surface area contributed by atoms with Crippen molar-refractivity contribution >= 4 is 55.2 Å². The van der Waals surface area contributed by atoms with Crippen molar-refractivity contribution in [1.82, 2.24) is 9.97 Å². The maximum atomic E-state index is 14.4. The van der Waals surface area contributed by atoms with Crippen LogP contribution >= 0.6 is 38.5 Å². The van der Waals surface area contributed by atoms with Crippen LogP contribution in [0, 0.1) is 16.3 Å². The van der Waals surface area contributed by atoms with Crippen molar-refractivity contribution in [1.29, 1.82) is 0 Å². The first-order chi connectivity index (χ1) is 12.3. The first kappa shape index (κ1) is 19.3. The highest BCUT2D eigenvalue weighted by atomic mass is 127. The fraction of sp³-hybridized carbons (Fsp3) is 0.222. The fourth-order valence-corrected chi connectivity index (χ4v) is 3.50. The number of hydrogen-bond donors (Lipinski definition) is 1. The summed E-state index contributed by atoms with van der Waals surface area (Å²) in [6.45, 7) is 3.47. The molecule has 0 spiro atoms. The van der Waals surface area contributed by atoms with E-state index in [0.29, 0.717) is 11.6 Å². The van der Waals surface area contributed by atoms with Crippen LogP contribution in [0.1, 0.15) is 36.3 Å². The molecule has 1 N–H and O–H groups in total. The molecule has 3 nitrogen and oxygen atoms in total. The lowest BCUT2D eigenvalue weighted by molar-refractivity contribution is 0.146. The number of hydrogen-bond acceptors (Lipinski definition) is 3. The van der Waals surface area contributed by atoms with E-state index in [4.69, 9.17) is 0 Å². The number of fused-ring (bicyclic) bond motifs is 1. The van der Waals surface area contributed by atoms with Crippen molar-refractivity contribution in [2.45, 2.75) is 26.3 Å². The normalized spacial score (nSPS) is 12.6. The zero-order valence-corrected chi connectivity index (χ0v) is 17.6. The van der Waals surface area contributed by atoms with Crippen molar-refractivity contribution in [2.24, 2.45) is 0 Å². The lowest BCUT2D eigenvalue weighted by Crippen LogP contribution is -2.12. The highest BCUT2D eigenvalue weighted by molar-refractivity contribution is 14.1. The van der Waals surface area contributed by atoms with Gasteiger partial charge in [-0.1, -0.05) is 18.2 Å². The Morgan fingerprint density at radius 3 is 2.54 bits per heavy atom. The Labute approximate surface area is 170 Å². The Morgan fingerprint density at radius 2 is 1.85 bits per heavy atom. The van der Waals surface area contributed by atoms with Gasteiger partial charge >= 0.3 is 0 Å². The van der Waals surface area contributed by atoms with Gasteiger partial charge in [0, 0.05) is 19.0 Å². The SMILES string of the molecule is Cc1nc(NC(C)c2cccc(C(F)F)c2F)c2cc(I)c(Br)cc2n1. The molecule has 1 unspecified atom stereocenters. The van der Waals surface area contributed by atoms with Gasteiger partial charge in [0.05, 0.1) is 17.1 Å². The molecule has 1 heterocycles. The maximum Gasteiger partial charge on any atom is 0.266 e. The molecule has 0 bridgehead atoms. The van der Waals surface area contributed by atoms with Crippen LogP contribution in [-0.4, -0.2) is 9.97 Å². The number of nitrogens with one attached hydrogen (secondary N) is 1. The molecule has 0 fully saturated rings. The predicted octanol–water partition coefficient (Wildman–Crippen LogP) is 6.56. The fourth-order valence-electron chi connectivity index (χ4n) is 2.70.